The number of pyridine rings is 2. The quantitative estimate of drug-likeness (QED) is 0.424. The Kier molecular flexibility index (Phi) is 7.96. The third-order valence-electron chi connectivity index (χ3n) is 9.49. The monoisotopic (exact) mass is 576 g/mol. The third-order valence-corrected chi connectivity index (χ3v) is 9.49. The molecule has 4 aliphatic rings. The Hall–Kier alpha value is -3.28. The van der Waals surface area contributed by atoms with E-state index in [1.54, 1.807) is 12.3 Å². The Balaban J connectivity index is 1.23. The van der Waals surface area contributed by atoms with Gasteiger partial charge in [-0.2, -0.15) is 5.10 Å². The number of rotatable bonds is 8. The minimum absolute atomic E-state index is 0.0409. The van der Waals surface area contributed by atoms with Crippen LogP contribution in [0.5, 0.6) is 5.88 Å². The molecule has 4 fully saturated rings. The molecule has 0 aromatic carbocycles. The van der Waals surface area contributed by atoms with E-state index in [0.29, 0.717) is 36.0 Å². The Morgan fingerprint density at radius 1 is 0.976 bits per heavy atom. The predicted octanol–water partition coefficient (Wildman–Crippen LogP) is 3.89. The molecule has 1 N–H and O–H groups in total. The van der Waals surface area contributed by atoms with Gasteiger partial charge < -0.3 is 24.2 Å². The van der Waals surface area contributed by atoms with Crippen LogP contribution in [0.3, 0.4) is 0 Å². The highest BCUT2D eigenvalue weighted by atomic mass is 16.5. The summed E-state index contributed by atoms with van der Waals surface area (Å²) in [6.07, 6.45) is 9.13. The van der Waals surface area contributed by atoms with Crippen molar-refractivity contribution in [2.45, 2.75) is 56.9 Å². The highest BCUT2D eigenvalue weighted by Gasteiger charge is 2.32. The van der Waals surface area contributed by atoms with Crippen molar-refractivity contribution in [3.05, 3.63) is 35.8 Å². The van der Waals surface area contributed by atoms with Crippen LogP contribution in [0.4, 0.5) is 5.69 Å². The second-order valence-corrected chi connectivity index (χ2v) is 12.0. The second kappa shape index (κ2) is 12.1. The van der Waals surface area contributed by atoms with E-state index in [2.05, 4.69) is 19.8 Å². The molecule has 3 aliphatic heterocycles. The molecule has 0 radical (unpaired) electrons. The van der Waals surface area contributed by atoms with E-state index in [4.69, 9.17) is 19.3 Å². The number of anilines is 1. The molecule has 224 valence electrons. The molecule has 0 spiro atoms. The number of carboxylic acids is 1. The fourth-order valence-corrected chi connectivity index (χ4v) is 6.77. The number of ether oxygens (including phenoxy) is 3. The maximum absolute atomic E-state index is 12.3. The van der Waals surface area contributed by atoms with Gasteiger partial charge in [-0.25, -0.2) is 19.4 Å². The van der Waals surface area contributed by atoms with Crippen molar-refractivity contribution < 1.29 is 24.1 Å². The first kappa shape index (κ1) is 27.5. The standard InChI is InChI=1S/C31H40N6O5/c38-31(39)25-19-26(36-10-5-23(6-11-36)35-12-16-41-17-13-35)28-29(22-2-1-3-22)34-37(30(28)33-25)24-4-9-32-27(18-24)42-20-21-7-14-40-15-8-21/h4,9,18-19,21-23H,1-3,5-8,10-17,20H2,(H,38,39). The minimum Gasteiger partial charge on any atom is -0.477 e. The first-order chi connectivity index (χ1) is 20.6. The summed E-state index contributed by atoms with van der Waals surface area (Å²) in [4.78, 5) is 26.4. The summed E-state index contributed by atoms with van der Waals surface area (Å²) in [5, 5.41) is 16.2. The van der Waals surface area contributed by atoms with Gasteiger partial charge in [0.2, 0.25) is 5.88 Å². The van der Waals surface area contributed by atoms with Crippen LogP contribution in [0, 0.1) is 5.92 Å². The fourth-order valence-electron chi connectivity index (χ4n) is 6.77. The molecule has 0 amide bonds. The van der Waals surface area contributed by atoms with Gasteiger partial charge in [0.15, 0.2) is 11.3 Å². The zero-order chi connectivity index (χ0) is 28.5. The van der Waals surface area contributed by atoms with E-state index >= 15 is 0 Å². The molecule has 0 atom stereocenters. The SMILES string of the molecule is O=C(O)c1cc(N2CCC(N3CCOCC3)CC2)c2c(C3CCC3)nn(-c3ccnc(OCC4CCOCC4)c3)c2n1. The molecule has 11 nitrogen and oxygen atoms in total. The van der Waals surface area contributed by atoms with E-state index in [-0.39, 0.29) is 5.69 Å². The minimum atomic E-state index is -1.03. The van der Waals surface area contributed by atoms with Crippen molar-refractivity contribution in [1.82, 2.24) is 24.6 Å². The average molecular weight is 577 g/mol. The third kappa shape index (κ3) is 5.57. The van der Waals surface area contributed by atoms with Gasteiger partial charge in [0.05, 0.1) is 42.3 Å². The van der Waals surface area contributed by atoms with E-state index in [1.807, 2.05) is 16.8 Å². The van der Waals surface area contributed by atoms with E-state index in [0.717, 1.165) is 114 Å². The van der Waals surface area contributed by atoms with Gasteiger partial charge >= 0.3 is 5.97 Å². The number of aromatic carboxylic acids is 1. The summed E-state index contributed by atoms with van der Waals surface area (Å²) < 4.78 is 19.0. The highest BCUT2D eigenvalue weighted by Crippen LogP contribution is 2.43. The molecule has 1 saturated carbocycles. The summed E-state index contributed by atoms with van der Waals surface area (Å²) >= 11 is 0. The number of morpholine rings is 1. The molecular formula is C31H40N6O5. The Morgan fingerprint density at radius 3 is 2.45 bits per heavy atom. The Bertz CT molecular complexity index is 1400. The lowest BCUT2D eigenvalue weighted by Crippen LogP contribution is -2.49. The number of fused-ring (bicyclic) bond motifs is 1. The van der Waals surface area contributed by atoms with Gasteiger partial charge in [-0.15, -0.1) is 0 Å². The van der Waals surface area contributed by atoms with Crippen molar-refractivity contribution in [3.63, 3.8) is 0 Å². The lowest BCUT2D eigenvalue weighted by Gasteiger charge is -2.41. The van der Waals surface area contributed by atoms with Crippen LogP contribution in [-0.2, 0) is 9.47 Å². The topological polar surface area (TPSA) is 115 Å². The summed E-state index contributed by atoms with van der Waals surface area (Å²) in [7, 11) is 0. The van der Waals surface area contributed by atoms with Gasteiger partial charge in [-0.1, -0.05) is 6.42 Å². The number of hydrogen-bond donors (Lipinski definition) is 1. The number of carboxylic acid groups (broad SMARTS) is 1. The van der Waals surface area contributed by atoms with Crippen LogP contribution in [-0.4, -0.2) is 101 Å². The van der Waals surface area contributed by atoms with Crippen molar-refractivity contribution in [3.8, 4) is 11.6 Å². The lowest BCUT2D eigenvalue weighted by atomic mass is 9.82. The summed E-state index contributed by atoms with van der Waals surface area (Å²) in [5.41, 5.74) is 3.36. The van der Waals surface area contributed by atoms with E-state index in [9.17, 15) is 9.90 Å². The molecule has 7 rings (SSSR count). The number of hydrogen-bond acceptors (Lipinski definition) is 9. The smallest absolute Gasteiger partial charge is 0.354 e. The molecule has 3 aromatic rings. The van der Waals surface area contributed by atoms with Gasteiger partial charge in [-0.05, 0) is 56.6 Å². The summed E-state index contributed by atoms with van der Waals surface area (Å²) in [5.74, 6) is 0.304. The van der Waals surface area contributed by atoms with Crippen LogP contribution in [0.2, 0.25) is 0 Å². The van der Waals surface area contributed by atoms with E-state index < -0.39 is 5.97 Å². The molecule has 11 heteroatoms. The van der Waals surface area contributed by atoms with Crippen molar-refractivity contribution in [2.24, 2.45) is 5.92 Å². The molecule has 0 unspecified atom stereocenters. The zero-order valence-corrected chi connectivity index (χ0v) is 24.1. The second-order valence-electron chi connectivity index (χ2n) is 12.0. The highest BCUT2D eigenvalue weighted by molar-refractivity contribution is 5.98. The number of aromatic nitrogens is 4. The molecule has 42 heavy (non-hydrogen) atoms. The molecule has 6 heterocycles. The Morgan fingerprint density at radius 2 is 1.74 bits per heavy atom. The number of piperidine rings is 1. The maximum Gasteiger partial charge on any atom is 0.354 e. The van der Waals surface area contributed by atoms with Crippen molar-refractivity contribution in [1.29, 1.82) is 0 Å². The number of nitrogens with zero attached hydrogens (tertiary/aromatic N) is 6. The lowest BCUT2D eigenvalue weighted by molar-refractivity contribution is 0.0115. The largest absolute Gasteiger partial charge is 0.477 e. The van der Waals surface area contributed by atoms with Gasteiger partial charge in [0.25, 0.3) is 0 Å². The molecule has 3 saturated heterocycles. The molecule has 3 aromatic heterocycles. The molecule has 1 aliphatic carbocycles. The molecule has 0 bridgehead atoms. The predicted molar refractivity (Wildman–Crippen MR) is 157 cm³/mol. The Labute approximate surface area is 245 Å². The summed E-state index contributed by atoms with van der Waals surface area (Å²) in [6.45, 7) is 7.45. The zero-order valence-electron chi connectivity index (χ0n) is 24.1. The first-order valence-corrected chi connectivity index (χ1v) is 15.5. The fraction of sp³-hybridized carbons (Fsp3) is 0.613. The van der Waals surface area contributed by atoms with Crippen LogP contribution < -0.4 is 9.64 Å². The van der Waals surface area contributed by atoms with Crippen LogP contribution in [0.1, 0.15) is 67.0 Å². The normalized spacial score (nSPS) is 21.5. The first-order valence-electron chi connectivity index (χ1n) is 15.5. The van der Waals surface area contributed by atoms with Gasteiger partial charge in [0, 0.05) is 63.6 Å². The van der Waals surface area contributed by atoms with Gasteiger partial charge in [0.1, 0.15) is 0 Å². The molecular weight excluding hydrogens is 536 g/mol. The maximum atomic E-state index is 12.3. The summed E-state index contributed by atoms with van der Waals surface area (Å²) in [6, 6.07) is 6.08. The van der Waals surface area contributed by atoms with Crippen LogP contribution in [0.15, 0.2) is 24.4 Å². The van der Waals surface area contributed by atoms with Crippen LogP contribution >= 0.6 is 0 Å². The van der Waals surface area contributed by atoms with Crippen molar-refractivity contribution in [2.75, 3.05) is 64.1 Å². The number of carbonyl (C=O) groups is 1. The van der Waals surface area contributed by atoms with Gasteiger partial charge in [-0.3, -0.25) is 4.90 Å². The van der Waals surface area contributed by atoms with E-state index in [1.165, 1.54) is 6.42 Å². The van der Waals surface area contributed by atoms with Crippen LogP contribution in [0.25, 0.3) is 16.7 Å². The average Bonchev–Trinajstić information content (AvgIpc) is 3.39. The van der Waals surface area contributed by atoms with Crippen molar-refractivity contribution >= 4 is 22.7 Å².